The number of carbonyl (C=O) groups excluding carboxylic acids is 2. The zero-order valence-corrected chi connectivity index (χ0v) is 35.1. The number of carbonyl (C=O) groups is 2. The van der Waals surface area contributed by atoms with E-state index in [0.29, 0.717) is 37.3 Å². The van der Waals surface area contributed by atoms with Crippen molar-refractivity contribution >= 4 is 17.7 Å². The molecule has 2 amide bonds. The van der Waals surface area contributed by atoms with Crippen molar-refractivity contribution in [3.63, 3.8) is 0 Å². The van der Waals surface area contributed by atoms with Crippen LogP contribution in [-0.4, -0.2) is 85.2 Å². The monoisotopic (exact) mass is 794 g/mol. The maximum absolute atomic E-state index is 13.8. The number of hydrogen-bond acceptors (Lipinski definition) is 9. The molecule has 3 N–H and O–H groups in total. The quantitative estimate of drug-likeness (QED) is 0.0481. The number of allylic oxidation sites excluding steroid dienone is 1. The van der Waals surface area contributed by atoms with E-state index in [1.807, 2.05) is 24.1 Å². The molecule has 1 aliphatic heterocycles. The molecule has 3 aliphatic carbocycles. The molecule has 2 saturated carbocycles. The summed E-state index contributed by atoms with van der Waals surface area (Å²) in [4.78, 5) is 34.3. The highest BCUT2D eigenvalue weighted by molar-refractivity contribution is 6.03. The topological polar surface area (TPSA) is 139 Å². The fourth-order valence-corrected chi connectivity index (χ4v) is 9.62. The van der Waals surface area contributed by atoms with E-state index >= 15 is 0 Å². The Kier molecular flexibility index (Phi) is 17.8. The standard InChI is InChI=1S/C46H71N3O8/c1-5-7-8-9-10-11-12-13-14-17-26-47-45(53)56-35-24-25-40-38(31-35)42-36(21-16-19-28-51)34(20-15-18-27-50)30-37-39(48-54-4)32-41(49(3)44(52)33-22-23-33)46(57-40,43(37)42)55-29-6-2/h6,24-25,30-31,33-34,36,41-43,50-51H,2,5,7-23,26-29,32H2,1,3-4H3,(H,47,53)/t34-,36+,41-,42+,43+,46+/m0/s1. The zero-order chi connectivity index (χ0) is 40.6. The van der Waals surface area contributed by atoms with Crippen LogP contribution < -0.4 is 14.8 Å². The van der Waals surface area contributed by atoms with Crippen molar-refractivity contribution < 1.29 is 38.9 Å². The summed E-state index contributed by atoms with van der Waals surface area (Å²) >= 11 is 0. The Morgan fingerprint density at radius 3 is 2.32 bits per heavy atom. The predicted octanol–water partition coefficient (Wildman–Crippen LogP) is 8.83. The molecule has 57 heavy (non-hydrogen) atoms. The van der Waals surface area contributed by atoms with Crippen LogP contribution in [0, 0.1) is 23.7 Å². The van der Waals surface area contributed by atoms with Gasteiger partial charge in [-0.15, -0.1) is 6.58 Å². The van der Waals surface area contributed by atoms with Gasteiger partial charge in [0.15, 0.2) is 0 Å². The number of benzene rings is 1. The molecule has 0 unspecified atom stereocenters. The predicted molar refractivity (Wildman–Crippen MR) is 223 cm³/mol. The van der Waals surface area contributed by atoms with E-state index in [9.17, 15) is 19.8 Å². The first-order valence-corrected chi connectivity index (χ1v) is 22.2. The van der Waals surface area contributed by atoms with Crippen molar-refractivity contribution in [2.75, 3.05) is 40.5 Å². The second kappa shape index (κ2) is 22.7. The third kappa shape index (κ3) is 11.4. The van der Waals surface area contributed by atoms with Crippen LogP contribution in [0.2, 0.25) is 0 Å². The summed E-state index contributed by atoms with van der Waals surface area (Å²) in [6, 6.07) is 5.07. The summed E-state index contributed by atoms with van der Waals surface area (Å²) in [5.74, 6) is -0.514. The lowest BCUT2D eigenvalue weighted by Gasteiger charge is -2.59. The van der Waals surface area contributed by atoms with E-state index in [4.69, 9.17) is 19.0 Å². The number of hydrogen-bond donors (Lipinski definition) is 3. The molecule has 0 radical (unpaired) electrons. The van der Waals surface area contributed by atoms with E-state index in [1.165, 1.54) is 51.4 Å². The van der Waals surface area contributed by atoms with E-state index in [2.05, 4.69) is 30.1 Å². The molecule has 1 aromatic carbocycles. The number of aliphatic hydroxyl groups excluding tert-OH is 2. The fraction of sp³-hybridized carbons (Fsp3) is 0.717. The highest BCUT2D eigenvalue weighted by Crippen LogP contribution is 2.62. The number of oxime groups is 1. The first-order valence-electron chi connectivity index (χ1n) is 22.2. The Labute approximate surface area is 341 Å². The Bertz CT molecular complexity index is 1510. The number of rotatable bonds is 26. The van der Waals surface area contributed by atoms with E-state index in [0.717, 1.165) is 68.2 Å². The molecule has 5 rings (SSSR count). The molecule has 0 saturated heterocycles. The summed E-state index contributed by atoms with van der Waals surface area (Å²) in [6.07, 6.45) is 22.7. The molecule has 2 fully saturated rings. The van der Waals surface area contributed by atoms with Crippen LogP contribution in [0.15, 0.2) is 47.7 Å². The van der Waals surface area contributed by atoms with Gasteiger partial charge < -0.3 is 39.5 Å². The molecular weight excluding hydrogens is 723 g/mol. The van der Waals surface area contributed by atoms with Crippen molar-refractivity contribution in [1.29, 1.82) is 0 Å². The largest absolute Gasteiger partial charge is 0.459 e. The molecule has 318 valence electrons. The third-order valence-electron chi connectivity index (χ3n) is 12.6. The minimum atomic E-state index is -1.27. The van der Waals surface area contributed by atoms with E-state index < -0.39 is 17.9 Å². The van der Waals surface area contributed by atoms with Gasteiger partial charge in [0.2, 0.25) is 11.7 Å². The van der Waals surface area contributed by atoms with Crippen molar-refractivity contribution in [2.45, 2.75) is 147 Å². The molecule has 1 aromatic rings. The number of likely N-dealkylation sites (N-methyl/N-ethyl adjacent to an activating group) is 1. The van der Waals surface area contributed by atoms with Crippen molar-refractivity contribution in [2.24, 2.45) is 28.8 Å². The van der Waals surface area contributed by atoms with Crippen LogP contribution in [-0.2, 0) is 14.4 Å². The van der Waals surface area contributed by atoms with Gasteiger partial charge >= 0.3 is 6.09 Å². The minimum absolute atomic E-state index is 0.0117. The Balaban J connectivity index is 1.45. The van der Waals surface area contributed by atoms with Crippen LogP contribution in [0.4, 0.5) is 4.79 Å². The van der Waals surface area contributed by atoms with Gasteiger partial charge in [-0.05, 0) is 80.6 Å². The smallest absolute Gasteiger partial charge is 0.412 e. The van der Waals surface area contributed by atoms with E-state index in [1.54, 1.807) is 19.3 Å². The van der Waals surface area contributed by atoms with Gasteiger partial charge in [0, 0.05) is 50.6 Å². The average molecular weight is 794 g/mol. The Morgan fingerprint density at radius 1 is 0.982 bits per heavy atom. The highest BCUT2D eigenvalue weighted by atomic mass is 16.7. The number of nitrogens with zero attached hydrogens (tertiary/aromatic N) is 2. The van der Waals surface area contributed by atoms with Gasteiger partial charge in [-0.1, -0.05) is 94.9 Å². The Morgan fingerprint density at radius 2 is 1.67 bits per heavy atom. The summed E-state index contributed by atoms with van der Waals surface area (Å²) in [7, 11) is 3.40. The van der Waals surface area contributed by atoms with E-state index in [-0.39, 0.29) is 55.3 Å². The number of ether oxygens (including phenoxy) is 3. The second-order valence-electron chi connectivity index (χ2n) is 16.7. The summed E-state index contributed by atoms with van der Waals surface area (Å²) in [5.41, 5.74) is 2.66. The molecule has 0 aromatic heterocycles. The number of fused-ring (bicyclic) bond motifs is 2. The van der Waals surface area contributed by atoms with Gasteiger partial charge in [-0.3, -0.25) is 4.79 Å². The molecule has 0 spiro atoms. The van der Waals surface area contributed by atoms with Gasteiger partial charge in [-0.2, -0.15) is 0 Å². The molecule has 11 nitrogen and oxygen atoms in total. The lowest BCUT2D eigenvalue weighted by Crippen LogP contribution is -2.69. The molecule has 1 heterocycles. The maximum Gasteiger partial charge on any atom is 0.412 e. The number of unbranched alkanes of at least 4 members (excludes halogenated alkanes) is 11. The van der Waals surface area contributed by atoms with Gasteiger partial charge in [0.25, 0.3) is 0 Å². The summed E-state index contributed by atoms with van der Waals surface area (Å²) < 4.78 is 20.0. The SMILES string of the molecule is C=CCO[C@@]12Oc3ccc(OC(=O)NCCCCCCCCCCCC)cc3[C@H]3[C@H](CCCCO)[C@@H](CCCCO)C=C(C(=NOC)C[C@@H]1N(C)C(=O)C1CC1)[C@H]32. The first-order chi connectivity index (χ1) is 27.8. The van der Waals surface area contributed by atoms with Crippen LogP contribution in [0.3, 0.4) is 0 Å². The number of aliphatic hydroxyl groups is 2. The van der Waals surface area contributed by atoms with Crippen LogP contribution in [0.5, 0.6) is 11.5 Å². The molecular formula is C46H71N3O8. The maximum atomic E-state index is 13.8. The van der Waals surface area contributed by atoms with Crippen molar-refractivity contribution in [3.05, 3.63) is 48.1 Å². The molecule has 11 heteroatoms. The third-order valence-corrected chi connectivity index (χ3v) is 12.6. The lowest BCUT2D eigenvalue weighted by molar-refractivity contribution is -0.255. The highest BCUT2D eigenvalue weighted by Gasteiger charge is 2.65. The van der Waals surface area contributed by atoms with Crippen molar-refractivity contribution in [3.8, 4) is 11.5 Å². The number of nitrogens with one attached hydrogen (secondary N) is 1. The fourth-order valence-electron chi connectivity index (χ4n) is 9.62. The Hall–Kier alpha value is -3.41. The summed E-state index contributed by atoms with van der Waals surface area (Å²) in [5, 5.41) is 27.1. The normalized spacial score (nSPS) is 25.5. The van der Waals surface area contributed by atoms with Crippen LogP contribution in [0.1, 0.15) is 140 Å². The first kappa shape index (κ1) is 44.7. The van der Waals surface area contributed by atoms with Gasteiger partial charge in [-0.25, -0.2) is 4.79 Å². The van der Waals surface area contributed by atoms with Gasteiger partial charge in [0.1, 0.15) is 24.7 Å². The lowest BCUT2D eigenvalue weighted by atomic mass is 9.55. The average Bonchev–Trinajstić information content (AvgIpc) is 4.06. The summed E-state index contributed by atoms with van der Waals surface area (Å²) in [6.45, 7) is 7.23. The zero-order valence-electron chi connectivity index (χ0n) is 35.1. The van der Waals surface area contributed by atoms with Crippen molar-refractivity contribution in [1.82, 2.24) is 10.2 Å². The number of amides is 2. The molecule has 6 atom stereocenters. The minimum Gasteiger partial charge on any atom is -0.459 e. The van der Waals surface area contributed by atoms with Crippen LogP contribution in [0.25, 0.3) is 0 Å². The van der Waals surface area contributed by atoms with Gasteiger partial charge in [0.05, 0.1) is 18.2 Å². The molecule has 0 bridgehead atoms. The molecule has 4 aliphatic rings. The van der Waals surface area contributed by atoms with Crippen LogP contribution >= 0.6 is 0 Å². The second-order valence-corrected chi connectivity index (χ2v) is 16.7.